The molecule has 0 aliphatic heterocycles. The lowest BCUT2D eigenvalue weighted by Crippen LogP contribution is -2.17. The van der Waals surface area contributed by atoms with E-state index in [4.69, 9.17) is 0 Å². The number of hydrogen-bond acceptors (Lipinski definition) is 4. The van der Waals surface area contributed by atoms with Crippen LogP contribution >= 0.6 is 11.3 Å². The number of thiazole rings is 1. The fourth-order valence-electron chi connectivity index (χ4n) is 1.39. The molecular weight excluding hydrogens is 265 g/mol. The Labute approximate surface area is 114 Å². The van der Waals surface area contributed by atoms with Gasteiger partial charge in [0.15, 0.2) is 0 Å². The van der Waals surface area contributed by atoms with E-state index in [9.17, 15) is 9.18 Å². The van der Waals surface area contributed by atoms with Gasteiger partial charge in [0.05, 0.1) is 5.69 Å². The molecule has 0 aliphatic carbocycles. The second-order valence-corrected chi connectivity index (χ2v) is 5.45. The van der Waals surface area contributed by atoms with E-state index in [2.05, 4.69) is 15.3 Å². The van der Waals surface area contributed by atoms with Gasteiger partial charge in [0.1, 0.15) is 10.0 Å². The number of pyridine rings is 1. The van der Waals surface area contributed by atoms with Gasteiger partial charge in [-0.25, -0.2) is 9.97 Å². The minimum Gasteiger partial charge on any atom is -0.316 e. The summed E-state index contributed by atoms with van der Waals surface area (Å²) in [5.41, 5.74) is 1.48. The topological polar surface area (TPSA) is 54.9 Å². The van der Waals surface area contributed by atoms with Crippen LogP contribution < -0.4 is 5.32 Å². The fraction of sp³-hybridized carbons (Fsp3) is 0.308. The number of anilines is 1. The minimum absolute atomic E-state index is 0.0458. The van der Waals surface area contributed by atoms with Gasteiger partial charge in [-0.1, -0.05) is 25.2 Å². The zero-order chi connectivity index (χ0) is 14.0. The number of carbonyl (C=O) groups is 1. The molecule has 0 saturated carbocycles. The molecule has 0 bridgehead atoms. The quantitative estimate of drug-likeness (QED) is 0.877. The standard InChI is InChI=1S/C13H14FN3OS/c1-7(2)11(18)17-12-8(3)16-13(19-12)9-4-5-10(14)15-6-9/h4-7H,1-3H3,(H,17,18). The molecule has 2 rings (SSSR count). The van der Waals surface area contributed by atoms with Gasteiger partial charge in [0, 0.05) is 17.7 Å². The molecule has 19 heavy (non-hydrogen) atoms. The number of amides is 1. The van der Waals surface area contributed by atoms with Crippen molar-refractivity contribution in [1.29, 1.82) is 0 Å². The third kappa shape index (κ3) is 3.14. The molecule has 0 aliphatic rings. The summed E-state index contributed by atoms with van der Waals surface area (Å²) >= 11 is 1.36. The molecule has 100 valence electrons. The highest BCUT2D eigenvalue weighted by Crippen LogP contribution is 2.31. The van der Waals surface area contributed by atoms with Crippen LogP contribution in [0.5, 0.6) is 0 Å². The first-order chi connectivity index (χ1) is 8.97. The van der Waals surface area contributed by atoms with Crippen LogP contribution in [-0.4, -0.2) is 15.9 Å². The molecule has 0 radical (unpaired) electrons. The van der Waals surface area contributed by atoms with Gasteiger partial charge in [-0.05, 0) is 19.1 Å². The molecule has 0 atom stereocenters. The van der Waals surface area contributed by atoms with Crippen molar-refractivity contribution in [1.82, 2.24) is 9.97 Å². The number of nitrogens with one attached hydrogen (secondary N) is 1. The van der Waals surface area contributed by atoms with Gasteiger partial charge in [0.25, 0.3) is 0 Å². The van der Waals surface area contributed by atoms with E-state index >= 15 is 0 Å². The van der Waals surface area contributed by atoms with E-state index in [1.165, 1.54) is 23.6 Å². The lowest BCUT2D eigenvalue weighted by atomic mass is 10.2. The van der Waals surface area contributed by atoms with Crippen LogP contribution in [0.2, 0.25) is 0 Å². The van der Waals surface area contributed by atoms with Gasteiger partial charge >= 0.3 is 0 Å². The molecule has 0 spiro atoms. The summed E-state index contributed by atoms with van der Waals surface area (Å²) in [6.45, 7) is 5.49. The van der Waals surface area contributed by atoms with E-state index in [1.807, 2.05) is 20.8 Å². The number of hydrogen-bond donors (Lipinski definition) is 1. The Morgan fingerprint density at radius 3 is 2.74 bits per heavy atom. The van der Waals surface area contributed by atoms with Gasteiger partial charge in [-0.2, -0.15) is 4.39 Å². The van der Waals surface area contributed by atoms with Crippen molar-refractivity contribution < 1.29 is 9.18 Å². The van der Waals surface area contributed by atoms with E-state index < -0.39 is 5.95 Å². The number of carbonyl (C=O) groups excluding carboxylic acids is 1. The smallest absolute Gasteiger partial charge is 0.227 e. The average molecular weight is 279 g/mol. The van der Waals surface area contributed by atoms with Crippen molar-refractivity contribution in [3.63, 3.8) is 0 Å². The molecule has 0 unspecified atom stereocenters. The maximum atomic E-state index is 12.8. The average Bonchev–Trinajstić information content (AvgIpc) is 2.71. The van der Waals surface area contributed by atoms with Gasteiger partial charge < -0.3 is 5.32 Å². The monoisotopic (exact) mass is 279 g/mol. The van der Waals surface area contributed by atoms with Crippen LogP contribution in [0.4, 0.5) is 9.39 Å². The van der Waals surface area contributed by atoms with Crippen molar-refractivity contribution >= 4 is 22.2 Å². The lowest BCUT2D eigenvalue weighted by Gasteiger charge is -2.04. The Morgan fingerprint density at radius 2 is 2.16 bits per heavy atom. The van der Waals surface area contributed by atoms with Crippen molar-refractivity contribution in [3.05, 3.63) is 30.0 Å². The summed E-state index contributed by atoms with van der Waals surface area (Å²) in [5.74, 6) is -0.654. The molecule has 2 aromatic rings. The summed E-state index contributed by atoms with van der Waals surface area (Å²) in [7, 11) is 0. The number of rotatable bonds is 3. The molecule has 1 amide bonds. The molecule has 0 aromatic carbocycles. The van der Waals surface area contributed by atoms with Crippen LogP contribution in [0.25, 0.3) is 10.6 Å². The minimum atomic E-state index is -0.523. The van der Waals surface area contributed by atoms with Crippen molar-refractivity contribution in [2.45, 2.75) is 20.8 Å². The third-order valence-electron chi connectivity index (χ3n) is 2.53. The Hall–Kier alpha value is -1.82. The van der Waals surface area contributed by atoms with Crippen LogP contribution in [0.1, 0.15) is 19.5 Å². The molecule has 4 nitrogen and oxygen atoms in total. The van der Waals surface area contributed by atoms with Crippen molar-refractivity contribution in [3.8, 4) is 10.6 Å². The van der Waals surface area contributed by atoms with Crippen LogP contribution in [0.15, 0.2) is 18.3 Å². The first-order valence-electron chi connectivity index (χ1n) is 5.87. The second-order valence-electron chi connectivity index (χ2n) is 4.45. The summed E-state index contributed by atoms with van der Waals surface area (Å²) < 4.78 is 12.8. The molecule has 0 fully saturated rings. The normalized spacial score (nSPS) is 10.8. The van der Waals surface area contributed by atoms with Crippen LogP contribution in [0.3, 0.4) is 0 Å². The zero-order valence-corrected chi connectivity index (χ0v) is 11.7. The first kappa shape index (κ1) is 13.6. The first-order valence-corrected chi connectivity index (χ1v) is 6.69. The summed E-state index contributed by atoms with van der Waals surface area (Å²) in [4.78, 5) is 19.6. The van der Waals surface area contributed by atoms with Crippen LogP contribution in [0, 0.1) is 18.8 Å². The Kier molecular flexibility index (Phi) is 3.90. The van der Waals surface area contributed by atoms with Gasteiger partial charge in [0.2, 0.25) is 11.9 Å². The van der Waals surface area contributed by atoms with Gasteiger partial charge in [-0.15, -0.1) is 0 Å². The highest BCUT2D eigenvalue weighted by atomic mass is 32.1. The van der Waals surface area contributed by atoms with E-state index in [-0.39, 0.29) is 11.8 Å². The van der Waals surface area contributed by atoms with Crippen molar-refractivity contribution in [2.75, 3.05) is 5.32 Å². The maximum Gasteiger partial charge on any atom is 0.227 e. The van der Waals surface area contributed by atoms with E-state index in [0.717, 1.165) is 16.3 Å². The summed E-state index contributed by atoms with van der Waals surface area (Å²) in [6, 6.07) is 2.91. The predicted molar refractivity (Wildman–Crippen MR) is 73.5 cm³/mol. The molecule has 2 heterocycles. The van der Waals surface area contributed by atoms with Gasteiger partial charge in [-0.3, -0.25) is 4.79 Å². The maximum absolute atomic E-state index is 12.8. The lowest BCUT2D eigenvalue weighted by molar-refractivity contribution is -0.118. The number of aromatic nitrogens is 2. The molecule has 0 saturated heterocycles. The second kappa shape index (κ2) is 5.44. The third-order valence-corrected chi connectivity index (χ3v) is 3.65. The zero-order valence-electron chi connectivity index (χ0n) is 10.9. The Bertz CT molecular complexity index is 592. The number of nitrogens with zero attached hydrogens (tertiary/aromatic N) is 2. The SMILES string of the molecule is Cc1nc(-c2ccc(F)nc2)sc1NC(=O)C(C)C. The molecule has 6 heteroatoms. The highest BCUT2D eigenvalue weighted by molar-refractivity contribution is 7.19. The summed E-state index contributed by atoms with van der Waals surface area (Å²) in [5, 5.41) is 4.27. The van der Waals surface area contributed by atoms with E-state index in [0.29, 0.717) is 5.01 Å². The number of aryl methyl sites for hydroxylation is 1. The highest BCUT2D eigenvalue weighted by Gasteiger charge is 2.14. The number of halogens is 1. The van der Waals surface area contributed by atoms with E-state index in [1.54, 1.807) is 6.07 Å². The Morgan fingerprint density at radius 1 is 1.42 bits per heavy atom. The largest absolute Gasteiger partial charge is 0.316 e. The molecular formula is C13H14FN3OS. The molecule has 1 N–H and O–H groups in total. The molecule has 2 aromatic heterocycles. The van der Waals surface area contributed by atoms with Crippen LogP contribution in [-0.2, 0) is 4.79 Å². The summed E-state index contributed by atoms with van der Waals surface area (Å²) in [6.07, 6.45) is 1.43. The fourth-order valence-corrected chi connectivity index (χ4v) is 2.35. The van der Waals surface area contributed by atoms with Crippen molar-refractivity contribution in [2.24, 2.45) is 5.92 Å². The predicted octanol–water partition coefficient (Wildman–Crippen LogP) is 3.25. The Balaban J connectivity index is 2.26.